The average Bonchev–Trinajstić information content (AvgIpc) is 2.61. The quantitative estimate of drug-likeness (QED) is 0.656. The van der Waals surface area contributed by atoms with Crippen molar-refractivity contribution in [1.29, 1.82) is 0 Å². The zero-order chi connectivity index (χ0) is 19.3. The highest BCUT2D eigenvalue weighted by molar-refractivity contribution is 7.89. The smallest absolute Gasteiger partial charge is 0.256 e. The third kappa shape index (κ3) is 5.12. The van der Waals surface area contributed by atoms with Crippen LogP contribution in [-0.4, -0.2) is 66.8 Å². The van der Waals surface area contributed by atoms with E-state index in [4.69, 9.17) is 4.74 Å². The van der Waals surface area contributed by atoms with E-state index in [1.165, 1.54) is 22.3 Å². The van der Waals surface area contributed by atoms with Gasteiger partial charge >= 0.3 is 0 Å². The van der Waals surface area contributed by atoms with Gasteiger partial charge in [-0.2, -0.15) is 0 Å². The Kier molecular flexibility index (Phi) is 6.90. The maximum atomic E-state index is 12.2. The van der Waals surface area contributed by atoms with Crippen molar-refractivity contribution in [2.75, 3.05) is 32.6 Å². The lowest BCUT2D eigenvalue weighted by Crippen LogP contribution is -2.47. The largest absolute Gasteiger partial charge is 0.384 e. The number of methoxy groups -OCH3 is 1. The van der Waals surface area contributed by atoms with Crippen LogP contribution in [0.2, 0.25) is 0 Å². The Labute approximate surface area is 153 Å². The van der Waals surface area contributed by atoms with Crippen molar-refractivity contribution in [3.8, 4) is 0 Å². The highest BCUT2D eigenvalue weighted by atomic mass is 32.2. The summed E-state index contributed by atoms with van der Waals surface area (Å²) in [5, 5.41) is 2.91. The highest BCUT2D eigenvalue weighted by Gasteiger charge is 2.28. The molecule has 10 heteroatoms. The van der Waals surface area contributed by atoms with Crippen LogP contribution in [-0.2, 0) is 33.0 Å². The first-order chi connectivity index (χ1) is 12.2. The Bertz CT molecular complexity index is 797. The van der Waals surface area contributed by atoms with Crippen molar-refractivity contribution in [2.45, 2.75) is 32.2 Å². The number of ether oxygens (including phenoxy) is 1. The number of aryl methyl sites for hydroxylation is 1. The maximum Gasteiger partial charge on any atom is 0.256 e. The molecule has 0 bridgehead atoms. The summed E-state index contributed by atoms with van der Waals surface area (Å²) in [6, 6.07) is -0.0803. The normalized spacial score (nSPS) is 16.6. The van der Waals surface area contributed by atoms with E-state index in [2.05, 4.69) is 10.3 Å². The number of hydrogen-bond acceptors (Lipinski definition) is 6. The molecule has 2 rings (SSSR count). The Morgan fingerprint density at radius 1 is 1.38 bits per heavy atom. The Morgan fingerprint density at radius 2 is 2.04 bits per heavy atom. The van der Waals surface area contributed by atoms with Crippen molar-refractivity contribution in [3.63, 3.8) is 0 Å². The zero-order valence-electron chi connectivity index (χ0n) is 15.4. The van der Waals surface area contributed by atoms with Gasteiger partial charge in [0.1, 0.15) is 0 Å². The molecule has 9 nitrogen and oxygen atoms in total. The number of rotatable bonds is 7. The molecule has 0 unspecified atom stereocenters. The molecule has 0 spiro atoms. The number of carbonyl (C=O) groups excluding carboxylic acids is 1. The lowest BCUT2D eigenvalue weighted by atomic mass is 10.1. The van der Waals surface area contributed by atoms with E-state index >= 15 is 0 Å². The zero-order valence-corrected chi connectivity index (χ0v) is 16.2. The van der Waals surface area contributed by atoms with E-state index in [9.17, 15) is 18.0 Å². The highest BCUT2D eigenvalue weighted by Crippen LogP contribution is 2.15. The van der Waals surface area contributed by atoms with Gasteiger partial charge in [0, 0.05) is 38.9 Å². The van der Waals surface area contributed by atoms with Gasteiger partial charge in [0.05, 0.1) is 30.8 Å². The van der Waals surface area contributed by atoms with E-state index in [1.54, 1.807) is 14.0 Å². The van der Waals surface area contributed by atoms with E-state index in [1.807, 2.05) is 0 Å². The Hall–Kier alpha value is -1.78. The molecule has 1 aromatic heterocycles. The minimum absolute atomic E-state index is 0.0333. The van der Waals surface area contributed by atoms with Crippen LogP contribution in [0.1, 0.15) is 24.1 Å². The molecule has 0 atom stereocenters. The molecule has 0 aromatic carbocycles. The second kappa shape index (κ2) is 8.74. The maximum absolute atomic E-state index is 12.2. The minimum atomic E-state index is -3.31. The lowest BCUT2D eigenvalue weighted by molar-refractivity contribution is -0.121. The second-order valence-electron chi connectivity index (χ2n) is 6.46. The van der Waals surface area contributed by atoms with Crippen LogP contribution >= 0.6 is 0 Å². The number of amides is 1. The third-order valence-electron chi connectivity index (χ3n) is 4.55. The molecule has 1 amide bonds. The fraction of sp³-hybridized carbons (Fsp3) is 0.688. The van der Waals surface area contributed by atoms with E-state index < -0.39 is 10.0 Å². The molecule has 0 saturated carbocycles. The molecule has 1 aromatic rings. The van der Waals surface area contributed by atoms with Crippen LogP contribution in [0, 0.1) is 6.92 Å². The summed E-state index contributed by atoms with van der Waals surface area (Å²) in [5.74, 6) is -0.247. The van der Waals surface area contributed by atoms with Crippen molar-refractivity contribution in [1.82, 2.24) is 19.2 Å². The first-order valence-electron chi connectivity index (χ1n) is 8.52. The number of hydrogen-bond donors (Lipinski definition) is 1. The van der Waals surface area contributed by atoms with Crippen molar-refractivity contribution < 1.29 is 17.9 Å². The topological polar surface area (TPSA) is 111 Å². The molecule has 1 aliphatic rings. The standard InChI is InChI=1S/C16H26N4O5S/c1-12-14(17-11-19(2)16(12)22)10-15(21)18-13-4-6-20(7-5-13)26(23,24)9-8-25-3/h11,13H,4-10H2,1-3H3,(H,18,21). The number of nitrogens with zero attached hydrogens (tertiary/aromatic N) is 3. The molecule has 146 valence electrons. The van der Waals surface area contributed by atoms with Crippen LogP contribution in [0.5, 0.6) is 0 Å². The third-order valence-corrected chi connectivity index (χ3v) is 6.38. The first-order valence-corrected chi connectivity index (χ1v) is 10.1. The van der Waals surface area contributed by atoms with E-state index in [0.717, 1.165) is 0 Å². The minimum Gasteiger partial charge on any atom is -0.384 e. The first kappa shape index (κ1) is 20.5. The van der Waals surface area contributed by atoms with Crippen molar-refractivity contribution in [3.05, 3.63) is 27.9 Å². The number of piperidine rings is 1. The molecule has 0 aliphatic carbocycles. The van der Waals surface area contributed by atoms with Crippen molar-refractivity contribution >= 4 is 15.9 Å². The molecule has 1 saturated heterocycles. The van der Waals surface area contributed by atoms with Crippen LogP contribution in [0.4, 0.5) is 0 Å². The van der Waals surface area contributed by atoms with Gasteiger partial charge < -0.3 is 14.6 Å². The monoisotopic (exact) mass is 386 g/mol. The average molecular weight is 386 g/mol. The molecule has 26 heavy (non-hydrogen) atoms. The fourth-order valence-corrected chi connectivity index (χ4v) is 4.30. The van der Waals surface area contributed by atoms with Crippen LogP contribution < -0.4 is 10.9 Å². The van der Waals surface area contributed by atoms with Crippen LogP contribution in [0.25, 0.3) is 0 Å². The SMILES string of the molecule is COCCS(=O)(=O)N1CCC(NC(=O)Cc2ncn(C)c(=O)c2C)CC1. The summed E-state index contributed by atoms with van der Waals surface area (Å²) in [5.41, 5.74) is 0.756. The summed E-state index contributed by atoms with van der Waals surface area (Å²) < 4.78 is 31.9. The van der Waals surface area contributed by atoms with Gasteiger partial charge in [0.15, 0.2) is 0 Å². The summed E-state index contributed by atoms with van der Waals surface area (Å²) >= 11 is 0. The summed E-state index contributed by atoms with van der Waals surface area (Å²) in [4.78, 5) is 28.3. The Morgan fingerprint density at radius 3 is 2.65 bits per heavy atom. The molecule has 1 N–H and O–H groups in total. The predicted octanol–water partition coefficient (Wildman–Crippen LogP) is -0.812. The number of sulfonamides is 1. The number of aromatic nitrogens is 2. The van der Waals surface area contributed by atoms with Crippen LogP contribution in [0.3, 0.4) is 0 Å². The van der Waals surface area contributed by atoms with Gasteiger partial charge in [0.2, 0.25) is 15.9 Å². The van der Waals surface area contributed by atoms with E-state index in [-0.39, 0.29) is 36.3 Å². The lowest BCUT2D eigenvalue weighted by Gasteiger charge is -2.31. The van der Waals surface area contributed by atoms with E-state index in [0.29, 0.717) is 37.2 Å². The van der Waals surface area contributed by atoms with Crippen LogP contribution in [0.15, 0.2) is 11.1 Å². The van der Waals surface area contributed by atoms with Gasteiger partial charge in [0.25, 0.3) is 5.56 Å². The number of nitrogens with one attached hydrogen (secondary N) is 1. The molecule has 1 aliphatic heterocycles. The van der Waals surface area contributed by atoms with Gasteiger partial charge in [-0.1, -0.05) is 0 Å². The fourth-order valence-electron chi connectivity index (χ4n) is 2.90. The molecule has 2 heterocycles. The van der Waals surface area contributed by atoms with Crippen molar-refractivity contribution in [2.24, 2.45) is 7.05 Å². The summed E-state index contributed by atoms with van der Waals surface area (Å²) in [6.45, 7) is 2.57. The Balaban J connectivity index is 1.87. The molecular weight excluding hydrogens is 360 g/mol. The van der Waals surface area contributed by atoms with Gasteiger partial charge in [-0.3, -0.25) is 9.59 Å². The van der Waals surface area contributed by atoms with Gasteiger partial charge in [-0.05, 0) is 19.8 Å². The van der Waals surface area contributed by atoms with Gasteiger partial charge in [-0.25, -0.2) is 17.7 Å². The predicted molar refractivity (Wildman–Crippen MR) is 96.3 cm³/mol. The summed E-state index contributed by atoms with van der Waals surface area (Å²) in [6.07, 6.45) is 2.55. The second-order valence-corrected chi connectivity index (χ2v) is 8.55. The van der Waals surface area contributed by atoms with Gasteiger partial charge in [-0.15, -0.1) is 0 Å². The summed E-state index contributed by atoms with van der Waals surface area (Å²) in [7, 11) is -0.231. The molecular formula is C16H26N4O5S. The number of carbonyl (C=O) groups is 1. The molecule has 0 radical (unpaired) electrons. The molecule has 1 fully saturated rings.